The maximum atomic E-state index is 12.9. The zero-order valence-corrected chi connectivity index (χ0v) is 80.4. The van der Waals surface area contributed by atoms with Crippen LogP contribution < -0.4 is 20.7 Å². The van der Waals surface area contributed by atoms with Gasteiger partial charge in [-0.25, -0.2) is 53.1 Å². The minimum atomic E-state index is -3.42. The maximum absolute atomic E-state index is 12.9. The van der Waals surface area contributed by atoms with Crippen LogP contribution in [0.25, 0.3) is 223 Å². The predicted molar refractivity (Wildman–Crippen MR) is 563 cm³/mol. The van der Waals surface area contributed by atoms with E-state index in [0.29, 0.717) is 112 Å². The number of morpholine rings is 1. The Morgan fingerprint density at radius 2 is 0.600 bits per heavy atom. The first-order chi connectivity index (χ1) is 73.5. The van der Waals surface area contributed by atoms with Crippen LogP contribution in [0, 0.1) is 11.8 Å². The van der Waals surface area contributed by atoms with Crippen molar-refractivity contribution < 1.29 is 27.5 Å². The van der Waals surface area contributed by atoms with E-state index in [0.717, 1.165) is 206 Å². The molecule has 0 unspecified atom stereocenters. The van der Waals surface area contributed by atoms with E-state index in [1.54, 1.807) is 178 Å². The van der Waals surface area contributed by atoms with Crippen molar-refractivity contribution in [1.29, 1.82) is 0 Å². The van der Waals surface area contributed by atoms with Crippen LogP contribution in [0.4, 0.5) is 27.5 Å². The zero-order chi connectivity index (χ0) is 101. The van der Waals surface area contributed by atoms with Gasteiger partial charge < -0.3 is 50.4 Å². The van der Waals surface area contributed by atoms with Gasteiger partial charge in [-0.15, -0.1) is 0 Å². The van der Waals surface area contributed by atoms with Crippen molar-refractivity contribution in [1.82, 2.24) is 170 Å². The van der Waals surface area contributed by atoms with Gasteiger partial charge in [-0.2, -0.15) is 20.4 Å². The fourth-order valence-electron chi connectivity index (χ4n) is 18.1. The first-order valence-corrected chi connectivity index (χ1v) is 49.5. The molecule has 2 saturated heterocycles. The van der Waals surface area contributed by atoms with Gasteiger partial charge >= 0.3 is 6.03 Å². The number of ether oxygens (including phenoxy) is 1. The number of likely N-dealkylation sites (tertiary alicyclic amines) is 1. The van der Waals surface area contributed by atoms with E-state index in [-0.39, 0.29) is 29.7 Å². The number of hydrogen-bond acceptors (Lipinski definition) is 31. The van der Waals surface area contributed by atoms with E-state index < -0.39 is 10.0 Å². The maximum Gasteiger partial charge on any atom is 0.322 e. The molecule has 26 heterocycles. The van der Waals surface area contributed by atoms with Crippen LogP contribution in [-0.4, -0.2) is 249 Å². The first-order valence-electron chi connectivity index (χ1n) is 47.6. The molecule has 4 amide bonds. The van der Waals surface area contributed by atoms with Gasteiger partial charge in [0.2, 0.25) is 21.8 Å². The van der Waals surface area contributed by atoms with Gasteiger partial charge in [0.1, 0.15) is 22.8 Å². The van der Waals surface area contributed by atoms with Crippen LogP contribution in [0.2, 0.25) is 0 Å². The number of aromatic amines is 8. The number of piperidine rings is 1. The lowest BCUT2D eigenvalue weighted by atomic mass is 9.96. The summed E-state index contributed by atoms with van der Waals surface area (Å²) in [5.41, 5.74) is 27.8. The number of carbonyl (C=O) groups is 3. The van der Waals surface area contributed by atoms with Gasteiger partial charge in [-0.05, 0) is 165 Å². The molecule has 2 aliphatic heterocycles. The van der Waals surface area contributed by atoms with E-state index in [2.05, 4.69) is 173 Å². The van der Waals surface area contributed by atoms with Crippen molar-refractivity contribution in [3.8, 4) is 135 Å². The lowest BCUT2D eigenvalue weighted by Gasteiger charge is -2.28. The minimum absolute atomic E-state index is 0.0180. The number of aromatic nitrogens is 32. The number of pyridine rings is 16. The van der Waals surface area contributed by atoms with Crippen molar-refractivity contribution in [3.63, 3.8) is 0 Å². The molecule has 12 N–H and O–H groups in total. The van der Waals surface area contributed by atoms with Crippen LogP contribution in [-0.2, 0) is 24.3 Å². The zero-order valence-electron chi connectivity index (χ0n) is 79.6. The molecule has 27 rings (SSSR count). The summed E-state index contributed by atoms with van der Waals surface area (Å²) in [5, 5.41) is 41.9. The van der Waals surface area contributed by atoms with Crippen LogP contribution in [0.15, 0.2) is 271 Å². The van der Waals surface area contributed by atoms with Crippen molar-refractivity contribution >= 4 is 139 Å². The number of amides is 4. The largest absolute Gasteiger partial charge is 0.378 e. The number of fused-ring (bicyclic) bond motifs is 8. The van der Waals surface area contributed by atoms with Crippen LogP contribution >= 0.6 is 0 Å². The van der Waals surface area contributed by atoms with Gasteiger partial charge in [0.25, 0.3) is 0 Å². The summed E-state index contributed by atoms with van der Waals surface area (Å²) in [4.78, 5) is 144. The number of sulfonamides is 1. The molecule has 45 heteroatoms. The average Bonchev–Trinajstić information content (AvgIpc) is 1.62. The number of imidazole rings is 4. The Hall–Kier alpha value is -20.0. The third-order valence-electron chi connectivity index (χ3n) is 25.8. The number of rotatable bonds is 19. The van der Waals surface area contributed by atoms with Crippen LogP contribution in [0.1, 0.15) is 25.7 Å². The van der Waals surface area contributed by atoms with E-state index in [1.165, 1.54) is 6.20 Å². The summed E-state index contributed by atoms with van der Waals surface area (Å²) in [5.74, 6) is 2.72. The molecule has 0 radical (unpaired) electrons. The molecular formula is C105H84N38O6S. The number of urea groups is 1. The molecule has 736 valence electrons. The van der Waals surface area contributed by atoms with Crippen molar-refractivity contribution in [2.24, 2.45) is 11.8 Å². The fourth-order valence-corrected chi connectivity index (χ4v) is 18.6. The fraction of sp³-hybridized carbons (Fsp3) is 0.133. The lowest BCUT2D eigenvalue weighted by molar-refractivity contribution is -0.121. The second-order valence-electron chi connectivity index (χ2n) is 36.0. The summed E-state index contributed by atoms with van der Waals surface area (Å²) in [6.07, 6.45) is 53.0. The molecule has 0 atom stereocenters. The van der Waals surface area contributed by atoms with Crippen molar-refractivity contribution in [2.45, 2.75) is 25.7 Å². The van der Waals surface area contributed by atoms with Crippen LogP contribution in [0.3, 0.4) is 0 Å². The first kappa shape index (κ1) is 92.5. The monoisotopic (exact) mass is 2000 g/mol. The van der Waals surface area contributed by atoms with Gasteiger partial charge in [0, 0.05) is 216 Å². The Kier molecular flexibility index (Phi) is 24.6. The molecular weight excluding hydrogens is 1920 g/mol. The highest BCUT2D eigenvalue weighted by molar-refractivity contribution is 7.92. The Bertz CT molecular complexity index is 9350. The van der Waals surface area contributed by atoms with Gasteiger partial charge in [-0.3, -0.25) is 94.5 Å². The van der Waals surface area contributed by atoms with E-state index in [9.17, 15) is 22.8 Å². The van der Waals surface area contributed by atoms with Crippen molar-refractivity contribution in [2.75, 3.05) is 73.4 Å². The molecule has 150 heavy (non-hydrogen) atoms. The third kappa shape index (κ3) is 19.4. The number of hydrogen-bond donors (Lipinski definition) is 12. The minimum Gasteiger partial charge on any atom is -0.378 e. The smallest absolute Gasteiger partial charge is 0.322 e. The lowest BCUT2D eigenvalue weighted by Crippen LogP contribution is -2.43. The standard InChI is InChI=1S/C29H26N10O.C27H22N10O2.C26H19N9O.C23H17N9O2S/c1-39-8-4-18(5-9-39)29(40)34-21-10-19(12-31-14-21)20-11-22-26(37-38-27(22)33-13-20)28-35-24-16-32-15-23(25(24)36-28)17-2-6-30-7-3-17;38-27(37-5-7-39-8-6-37)32-19-9-17(11-29-13-19)18-10-20-24(35-36-25(20)31-12-18)26-33-22-15-30-14-21(23(22)34-26)16-1-3-28-4-2-16;36-26(15-1-2-15)31-18-7-16(9-28-11-18)17-8-19-23(34-35-24(19)30-10-17)25-32-21-13-29-12-20(22(21)33-25)14-3-5-27-6-4-14;1-35(33,34)32-16-6-14(8-25-10-16)15-7-17-21(30-31-22(17)27-9-15)23-28-19-12-26-11-18(20(19)29-23)13-2-4-24-5-3-13/h2-3,6-7,10-16,18H,4-5,8-9H2,1H3,(H,34,40)(H,35,36)(H,33,37,38);1-4,9-15H,5-8H2,(H,32,38)(H,33,34)(H,31,35,36);3-13,15H,1-2H2,(H,31,36)(H,32,33)(H,30,34,35);2-12,32H,1H3,(H,28,29)(H,27,30,31). The number of H-pyrrole nitrogens is 8. The molecule has 44 nitrogen and oxygen atoms in total. The summed E-state index contributed by atoms with van der Waals surface area (Å²) >= 11 is 0. The Labute approximate surface area is 848 Å². The Morgan fingerprint density at radius 3 is 0.907 bits per heavy atom. The molecule has 0 bridgehead atoms. The molecule has 24 aromatic rings. The van der Waals surface area contributed by atoms with Gasteiger partial charge in [0.15, 0.2) is 45.9 Å². The number of nitrogens with zero attached hydrogens (tertiary/aromatic N) is 26. The molecule has 0 spiro atoms. The number of carbonyl (C=O) groups excluding carboxylic acids is 3. The normalized spacial score (nSPS) is 13.4. The summed E-state index contributed by atoms with van der Waals surface area (Å²) in [7, 11) is -1.34. The highest BCUT2D eigenvalue weighted by atomic mass is 32.2. The molecule has 24 aromatic heterocycles. The van der Waals surface area contributed by atoms with Crippen LogP contribution in [0.5, 0.6) is 0 Å². The average molecular weight is 2010 g/mol. The molecule has 1 saturated carbocycles. The summed E-state index contributed by atoms with van der Waals surface area (Å²) in [6, 6.07) is 30.6. The number of anilines is 4. The molecule has 3 aliphatic rings. The molecule has 1 aliphatic carbocycles. The predicted octanol–water partition coefficient (Wildman–Crippen LogP) is 15.9. The van der Waals surface area contributed by atoms with Crippen molar-refractivity contribution in [3.05, 3.63) is 271 Å². The Balaban J connectivity index is 0.000000107. The van der Waals surface area contributed by atoms with Gasteiger partial charge in [0.05, 0.1) is 157 Å². The quantitative estimate of drug-likeness (QED) is 0.0358. The number of nitrogens with one attached hydrogen (secondary N) is 12. The topological polar surface area (TPSA) is 585 Å². The molecule has 3 fully saturated rings. The highest BCUT2D eigenvalue weighted by Crippen LogP contribution is 2.41. The van der Waals surface area contributed by atoms with E-state index in [4.69, 9.17) is 24.7 Å². The summed E-state index contributed by atoms with van der Waals surface area (Å²) < 4.78 is 31.0. The summed E-state index contributed by atoms with van der Waals surface area (Å²) in [6.45, 7) is 4.06. The third-order valence-corrected chi connectivity index (χ3v) is 26.4. The van der Waals surface area contributed by atoms with Gasteiger partial charge in [-0.1, -0.05) is 0 Å². The second-order valence-corrected chi connectivity index (χ2v) is 37.7. The van der Waals surface area contributed by atoms with E-state index in [1.807, 2.05) is 91.0 Å². The highest BCUT2D eigenvalue weighted by Gasteiger charge is 2.31. The second kappa shape index (κ2) is 40.0. The van der Waals surface area contributed by atoms with E-state index >= 15 is 0 Å². The SMILES string of the molecule is CN1CCC(C(=O)Nc2cncc(-c3cnc4n[nH]c(-c5nc6c(-c7ccncc7)cncc6[nH]5)c4c3)c2)CC1.CS(=O)(=O)Nc1cncc(-c2cnc3n[nH]c(-c4nc5c(-c6ccncc6)cncc5[nH]4)c3c2)c1.O=C(Nc1cncc(-c2cnc3n[nH]c(-c4nc5c(-c6ccncc6)cncc5[nH]4)c3c2)c1)C1CC1.O=C(Nc1cncc(-c2cnc3n[nH]c(-c4nc5c(-c6ccncc6)cncc5[nH]4)c3c2)c1)N1CCOCC1. The Morgan fingerprint density at radius 1 is 0.320 bits per heavy atom. The molecule has 0 aromatic carbocycles.